The van der Waals surface area contributed by atoms with Crippen molar-refractivity contribution in [2.24, 2.45) is 0 Å². The standard InChI is InChI=1S/C13H9Cl/c14-13-8-4-7-12(9-10-13)11-5-2-1-3-6-11/h1-3,5-7,9-10,13H. The van der Waals surface area contributed by atoms with Crippen LogP contribution in [-0.4, -0.2) is 5.38 Å². The van der Waals surface area contributed by atoms with Gasteiger partial charge in [-0.3, -0.25) is 0 Å². The van der Waals surface area contributed by atoms with Gasteiger partial charge in [0, 0.05) is 0 Å². The van der Waals surface area contributed by atoms with Gasteiger partial charge in [-0.05, 0) is 17.2 Å². The molecule has 68 valence electrons. The average Bonchev–Trinajstić information content (AvgIpc) is 2.44. The molecule has 1 atom stereocenters. The summed E-state index contributed by atoms with van der Waals surface area (Å²) < 4.78 is 0. The van der Waals surface area contributed by atoms with Gasteiger partial charge in [0.15, 0.2) is 0 Å². The number of allylic oxidation sites excluding steroid dienone is 4. The lowest BCUT2D eigenvalue weighted by Gasteiger charge is -1.99. The van der Waals surface area contributed by atoms with Crippen LogP contribution < -0.4 is 0 Å². The molecule has 0 nitrogen and oxygen atoms in total. The third-order valence-corrected chi connectivity index (χ3v) is 2.26. The van der Waals surface area contributed by atoms with E-state index in [2.05, 4.69) is 24.0 Å². The number of hydrogen-bond acceptors (Lipinski definition) is 0. The Hall–Kier alpha value is -1.45. The van der Waals surface area contributed by atoms with Gasteiger partial charge < -0.3 is 0 Å². The molecule has 0 radical (unpaired) electrons. The number of alkyl halides is 1. The van der Waals surface area contributed by atoms with E-state index in [1.165, 1.54) is 5.56 Å². The van der Waals surface area contributed by atoms with Crippen LogP contribution in [0.2, 0.25) is 0 Å². The van der Waals surface area contributed by atoms with Crippen molar-refractivity contribution in [1.82, 2.24) is 0 Å². The SMILES string of the molecule is ClC1C#CC=C(c2ccccc2)C=C1. The van der Waals surface area contributed by atoms with E-state index >= 15 is 0 Å². The molecule has 0 bridgehead atoms. The summed E-state index contributed by atoms with van der Waals surface area (Å²) in [5, 5.41) is -0.174. The fourth-order valence-electron chi connectivity index (χ4n) is 1.29. The maximum absolute atomic E-state index is 5.88. The minimum atomic E-state index is -0.174. The van der Waals surface area contributed by atoms with Crippen molar-refractivity contribution >= 4 is 17.2 Å². The van der Waals surface area contributed by atoms with E-state index in [4.69, 9.17) is 11.6 Å². The molecule has 1 aromatic rings. The lowest BCUT2D eigenvalue weighted by molar-refractivity contribution is 1.48. The molecule has 0 saturated carbocycles. The van der Waals surface area contributed by atoms with Crippen LogP contribution in [0.15, 0.2) is 48.6 Å². The molecule has 1 aromatic carbocycles. The zero-order valence-electron chi connectivity index (χ0n) is 7.57. The molecule has 1 aliphatic carbocycles. The Morgan fingerprint density at radius 1 is 1.14 bits per heavy atom. The molecule has 1 aliphatic rings. The Morgan fingerprint density at radius 2 is 1.93 bits per heavy atom. The number of benzene rings is 1. The fraction of sp³-hybridized carbons (Fsp3) is 0.0769. The highest BCUT2D eigenvalue weighted by Gasteiger charge is 2.00. The molecule has 0 fully saturated rings. The number of hydrogen-bond donors (Lipinski definition) is 0. The van der Waals surface area contributed by atoms with E-state index in [1.807, 2.05) is 36.4 Å². The Bertz CT molecular complexity index is 429. The predicted molar refractivity (Wildman–Crippen MR) is 61.0 cm³/mol. The largest absolute Gasteiger partial charge is 0.113 e. The zero-order chi connectivity index (χ0) is 9.80. The van der Waals surface area contributed by atoms with E-state index < -0.39 is 0 Å². The molecule has 1 heteroatoms. The van der Waals surface area contributed by atoms with Crippen LogP contribution >= 0.6 is 11.6 Å². The van der Waals surface area contributed by atoms with E-state index in [0.717, 1.165) is 5.57 Å². The maximum Gasteiger partial charge on any atom is 0.113 e. The van der Waals surface area contributed by atoms with Gasteiger partial charge in [0.1, 0.15) is 5.38 Å². The van der Waals surface area contributed by atoms with Gasteiger partial charge >= 0.3 is 0 Å². The summed E-state index contributed by atoms with van der Waals surface area (Å²) in [6, 6.07) is 10.2. The lowest BCUT2D eigenvalue weighted by Crippen LogP contribution is -1.84. The summed E-state index contributed by atoms with van der Waals surface area (Å²) in [6.07, 6.45) is 5.80. The van der Waals surface area contributed by atoms with Gasteiger partial charge in [0.25, 0.3) is 0 Å². The first kappa shape index (κ1) is 9.12. The minimum absolute atomic E-state index is 0.174. The van der Waals surface area contributed by atoms with E-state index in [0.29, 0.717) is 0 Å². The van der Waals surface area contributed by atoms with Crippen LogP contribution in [0.4, 0.5) is 0 Å². The highest BCUT2D eigenvalue weighted by atomic mass is 35.5. The summed E-state index contributed by atoms with van der Waals surface area (Å²) in [5.74, 6) is 5.84. The number of rotatable bonds is 1. The molecule has 0 saturated heterocycles. The van der Waals surface area contributed by atoms with Crippen molar-refractivity contribution in [3.8, 4) is 11.8 Å². The Balaban J connectivity index is 2.35. The van der Waals surface area contributed by atoms with Crippen LogP contribution in [0.1, 0.15) is 5.56 Å². The fourth-order valence-corrected chi connectivity index (χ4v) is 1.43. The summed E-state index contributed by atoms with van der Waals surface area (Å²) in [5.41, 5.74) is 2.28. The van der Waals surface area contributed by atoms with Crippen molar-refractivity contribution in [1.29, 1.82) is 0 Å². The summed E-state index contributed by atoms with van der Waals surface area (Å²) in [6.45, 7) is 0. The molecular weight excluding hydrogens is 192 g/mol. The molecule has 2 rings (SSSR count). The average molecular weight is 201 g/mol. The molecule has 0 amide bonds. The predicted octanol–water partition coefficient (Wildman–Crippen LogP) is 3.25. The lowest BCUT2D eigenvalue weighted by atomic mass is 10.1. The second-order valence-corrected chi connectivity index (χ2v) is 3.49. The van der Waals surface area contributed by atoms with Crippen LogP contribution in [-0.2, 0) is 0 Å². The van der Waals surface area contributed by atoms with E-state index in [-0.39, 0.29) is 5.38 Å². The quantitative estimate of drug-likeness (QED) is 0.482. The van der Waals surface area contributed by atoms with Crippen LogP contribution in [0, 0.1) is 11.8 Å². The van der Waals surface area contributed by atoms with Crippen LogP contribution in [0.3, 0.4) is 0 Å². The summed E-state index contributed by atoms with van der Waals surface area (Å²) in [7, 11) is 0. The smallest absolute Gasteiger partial charge is 0.104 e. The molecule has 1 unspecified atom stereocenters. The Kier molecular flexibility index (Phi) is 2.72. The summed E-state index contributed by atoms with van der Waals surface area (Å²) >= 11 is 5.88. The van der Waals surface area contributed by atoms with Crippen molar-refractivity contribution in [2.75, 3.05) is 0 Å². The zero-order valence-corrected chi connectivity index (χ0v) is 8.33. The maximum atomic E-state index is 5.88. The van der Waals surface area contributed by atoms with Crippen molar-refractivity contribution in [3.05, 3.63) is 54.1 Å². The molecule has 0 N–H and O–H groups in total. The van der Waals surface area contributed by atoms with E-state index in [9.17, 15) is 0 Å². The summed E-state index contributed by atoms with van der Waals surface area (Å²) in [4.78, 5) is 0. The third-order valence-electron chi connectivity index (χ3n) is 2.00. The normalized spacial score (nSPS) is 19.2. The molecule has 0 heterocycles. The van der Waals surface area contributed by atoms with Crippen LogP contribution in [0.5, 0.6) is 0 Å². The Labute approximate surface area is 88.9 Å². The molecule has 0 aromatic heterocycles. The van der Waals surface area contributed by atoms with Crippen LogP contribution in [0.25, 0.3) is 5.57 Å². The van der Waals surface area contributed by atoms with Gasteiger partial charge in [-0.25, -0.2) is 0 Å². The highest BCUT2D eigenvalue weighted by Crippen LogP contribution is 2.17. The topological polar surface area (TPSA) is 0 Å². The van der Waals surface area contributed by atoms with Crippen molar-refractivity contribution in [2.45, 2.75) is 5.38 Å². The van der Waals surface area contributed by atoms with Gasteiger partial charge in [-0.1, -0.05) is 54.3 Å². The Morgan fingerprint density at radius 3 is 2.71 bits per heavy atom. The second-order valence-electron chi connectivity index (χ2n) is 3.02. The monoisotopic (exact) mass is 200 g/mol. The number of halogens is 1. The minimum Gasteiger partial charge on any atom is -0.104 e. The van der Waals surface area contributed by atoms with Gasteiger partial charge in [-0.2, -0.15) is 0 Å². The van der Waals surface area contributed by atoms with Gasteiger partial charge in [0.2, 0.25) is 0 Å². The molecule has 14 heavy (non-hydrogen) atoms. The molecule has 0 spiro atoms. The highest BCUT2D eigenvalue weighted by molar-refractivity contribution is 6.24. The first-order valence-corrected chi connectivity index (χ1v) is 4.89. The van der Waals surface area contributed by atoms with Crippen molar-refractivity contribution in [3.63, 3.8) is 0 Å². The third kappa shape index (κ3) is 2.07. The van der Waals surface area contributed by atoms with Crippen molar-refractivity contribution < 1.29 is 0 Å². The van der Waals surface area contributed by atoms with Gasteiger partial charge in [0.05, 0.1) is 0 Å². The van der Waals surface area contributed by atoms with Gasteiger partial charge in [-0.15, -0.1) is 11.6 Å². The first-order chi connectivity index (χ1) is 6.86. The molecule has 0 aliphatic heterocycles. The van der Waals surface area contributed by atoms with E-state index in [1.54, 1.807) is 0 Å². The molecular formula is C13H9Cl. The second kappa shape index (κ2) is 4.17. The first-order valence-electron chi connectivity index (χ1n) is 4.45.